The second-order valence-corrected chi connectivity index (χ2v) is 6.64. The number of oxazole rings is 1. The number of ether oxygens (including phenoxy) is 1. The number of hydrogen-bond acceptors (Lipinski definition) is 6. The van der Waals surface area contributed by atoms with Gasteiger partial charge in [-0.2, -0.15) is 0 Å². The Bertz CT molecular complexity index is 1130. The molecule has 7 heteroatoms. The van der Waals surface area contributed by atoms with Gasteiger partial charge in [-0.15, -0.1) is 0 Å². The topological polar surface area (TPSA) is 90.1 Å². The molecule has 0 bridgehead atoms. The van der Waals surface area contributed by atoms with Crippen LogP contribution in [0.1, 0.15) is 17.9 Å². The fraction of sp³-hybridized carbons (Fsp3) is 0.130. The first-order valence-electron chi connectivity index (χ1n) is 9.53. The summed E-state index contributed by atoms with van der Waals surface area (Å²) in [7, 11) is 0. The molecule has 0 fully saturated rings. The summed E-state index contributed by atoms with van der Waals surface area (Å²) in [5, 5.41) is 2.91. The van der Waals surface area contributed by atoms with Crippen LogP contribution in [-0.4, -0.2) is 20.9 Å². The van der Waals surface area contributed by atoms with Crippen molar-refractivity contribution in [3.63, 3.8) is 0 Å². The number of benzene rings is 2. The normalized spacial score (nSPS) is 10.6. The second-order valence-electron chi connectivity index (χ2n) is 6.64. The highest BCUT2D eigenvalue weighted by Gasteiger charge is 2.11. The van der Waals surface area contributed by atoms with Crippen molar-refractivity contribution in [1.82, 2.24) is 15.0 Å². The quantitative estimate of drug-likeness (QED) is 0.479. The van der Waals surface area contributed by atoms with E-state index < -0.39 is 0 Å². The van der Waals surface area contributed by atoms with Crippen molar-refractivity contribution in [3.8, 4) is 23.1 Å². The van der Waals surface area contributed by atoms with Gasteiger partial charge in [-0.05, 0) is 36.8 Å². The minimum absolute atomic E-state index is 0.113. The van der Waals surface area contributed by atoms with Crippen LogP contribution < -0.4 is 10.1 Å². The summed E-state index contributed by atoms with van der Waals surface area (Å²) in [6.07, 6.45) is 5.59. The zero-order valence-electron chi connectivity index (χ0n) is 16.4. The van der Waals surface area contributed by atoms with E-state index in [0.29, 0.717) is 23.8 Å². The third-order valence-electron chi connectivity index (χ3n) is 4.40. The molecule has 2 aromatic heterocycles. The van der Waals surface area contributed by atoms with Gasteiger partial charge < -0.3 is 14.5 Å². The van der Waals surface area contributed by atoms with Crippen molar-refractivity contribution in [3.05, 3.63) is 84.6 Å². The van der Waals surface area contributed by atoms with Gasteiger partial charge in [-0.3, -0.25) is 4.79 Å². The van der Waals surface area contributed by atoms with Crippen molar-refractivity contribution in [2.24, 2.45) is 0 Å². The van der Waals surface area contributed by atoms with Crippen LogP contribution in [0.3, 0.4) is 0 Å². The molecule has 0 aliphatic heterocycles. The molecule has 0 aliphatic carbocycles. The number of anilines is 1. The van der Waals surface area contributed by atoms with Crippen molar-refractivity contribution in [2.75, 3.05) is 5.32 Å². The molecule has 0 unspecified atom stereocenters. The molecule has 4 rings (SSSR count). The van der Waals surface area contributed by atoms with Crippen LogP contribution >= 0.6 is 0 Å². The third kappa shape index (κ3) is 4.88. The van der Waals surface area contributed by atoms with E-state index in [2.05, 4.69) is 20.3 Å². The van der Waals surface area contributed by atoms with Gasteiger partial charge in [-0.1, -0.05) is 30.3 Å². The predicted octanol–water partition coefficient (Wildman–Crippen LogP) is 4.80. The lowest BCUT2D eigenvalue weighted by Gasteiger charge is -2.10. The number of carbonyl (C=O) groups is 1. The average molecular weight is 400 g/mol. The van der Waals surface area contributed by atoms with Crippen LogP contribution in [0.25, 0.3) is 11.3 Å². The van der Waals surface area contributed by atoms with Crippen molar-refractivity contribution < 1.29 is 13.9 Å². The molecule has 0 radical (unpaired) electrons. The van der Waals surface area contributed by atoms with E-state index in [0.717, 1.165) is 16.8 Å². The first kappa shape index (κ1) is 19.3. The summed E-state index contributed by atoms with van der Waals surface area (Å²) < 4.78 is 11.4. The lowest BCUT2D eigenvalue weighted by molar-refractivity contribution is -0.116. The monoisotopic (exact) mass is 400 g/mol. The van der Waals surface area contributed by atoms with Crippen molar-refractivity contribution in [1.29, 1.82) is 0 Å². The Morgan fingerprint density at radius 2 is 1.83 bits per heavy atom. The van der Waals surface area contributed by atoms with Crippen LogP contribution in [0.5, 0.6) is 11.8 Å². The number of rotatable bonds is 7. The molecular weight excluding hydrogens is 380 g/mol. The fourth-order valence-electron chi connectivity index (χ4n) is 2.88. The van der Waals surface area contributed by atoms with E-state index >= 15 is 0 Å². The van der Waals surface area contributed by atoms with Crippen LogP contribution in [-0.2, 0) is 11.2 Å². The number of aromatic nitrogens is 3. The van der Waals surface area contributed by atoms with E-state index in [1.807, 2.05) is 43.3 Å². The number of aryl methyl sites for hydroxylation is 2. The van der Waals surface area contributed by atoms with Crippen LogP contribution in [0.2, 0.25) is 0 Å². The molecule has 2 heterocycles. The van der Waals surface area contributed by atoms with E-state index in [-0.39, 0.29) is 18.3 Å². The van der Waals surface area contributed by atoms with Gasteiger partial charge in [0.1, 0.15) is 5.75 Å². The van der Waals surface area contributed by atoms with Gasteiger partial charge in [0.25, 0.3) is 0 Å². The number of carbonyl (C=O) groups excluding carboxylic acids is 1. The van der Waals surface area contributed by atoms with E-state index in [9.17, 15) is 4.79 Å². The highest BCUT2D eigenvalue weighted by atomic mass is 16.5. The Kier molecular flexibility index (Phi) is 5.80. The number of nitrogens with one attached hydrogen (secondary N) is 1. The van der Waals surface area contributed by atoms with E-state index in [4.69, 9.17) is 9.15 Å². The molecule has 0 atom stereocenters. The van der Waals surface area contributed by atoms with E-state index in [1.165, 1.54) is 0 Å². The van der Waals surface area contributed by atoms with Crippen molar-refractivity contribution in [2.45, 2.75) is 19.8 Å². The summed E-state index contributed by atoms with van der Waals surface area (Å²) in [6, 6.07) is 17.1. The summed E-state index contributed by atoms with van der Waals surface area (Å²) in [5.41, 5.74) is 2.55. The molecule has 30 heavy (non-hydrogen) atoms. The molecule has 0 aliphatic rings. The highest BCUT2D eigenvalue weighted by Crippen LogP contribution is 2.25. The SMILES string of the molecule is Cc1cc(Oc2ncccn2)ccc1NC(=O)CCc1ncc(-c2ccccc2)o1. The summed E-state index contributed by atoms with van der Waals surface area (Å²) >= 11 is 0. The Morgan fingerprint density at radius 1 is 1.03 bits per heavy atom. The van der Waals surface area contributed by atoms with Crippen LogP contribution in [0, 0.1) is 6.92 Å². The third-order valence-corrected chi connectivity index (χ3v) is 4.40. The zero-order chi connectivity index (χ0) is 20.8. The maximum absolute atomic E-state index is 12.4. The number of hydrogen-bond donors (Lipinski definition) is 1. The van der Waals surface area contributed by atoms with Gasteiger partial charge in [0.15, 0.2) is 11.7 Å². The standard InChI is InChI=1S/C23H20N4O3/c1-16-14-18(29-23-24-12-5-13-25-23)8-9-19(16)27-21(28)10-11-22-26-15-20(30-22)17-6-3-2-4-7-17/h2-9,12-15H,10-11H2,1H3,(H,27,28). The molecule has 1 amide bonds. The highest BCUT2D eigenvalue weighted by molar-refractivity contribution is 5.91. The number of amides is 1. The Labute approximate surface area is 173 Å². The molecule has 0 saturated heterocycles. The van der Waals surface area contributed by atoms with Gasteiger partial charge in [-0.25, -0.2) is 15.0 Å². The fourth-order valence-corrected chi connectivity index (χ4v) is 2.88. The minimum atomic E-state index is -0.113. The second kappa shape index (κ2) is 9.00. The Morgan fingerprint density at radius 3 is 2.60 bits per heavy atom. The van der Waals surface area contributed by atoms with Crippen molar-refractivity contribution >= 4 is 11.6 Å². The van der Waals surface area contributed by atoms with Crippen LogP contribution in [0.4, 0.5) is 5.69 Å². The molecular formula is C23H20N4O3. The molecule has 150 valence electrons. The number of nitrogens with zero attached hydrogens (tertiary/aromatic N) is 3. The van der Waals surface area contributed by atoms with Gasteiger partial charge >= 0.3 is 6.01 Å². The zero-order valence-corrected chi connectivity index (χ0v) is 16.4. The van der Waals surface area contributed by atoms with Crippen LogP contribution in [0.15, 0.2) is 77.6 Å². The van der Waals surface area contributed by atoms with Gasteiger partial charge in [0.2, 0.25) is 5.91 Å². The summed E-state index contributed by atoms with van der Waals surface area (Å²) in [6.45, 7) is 1.90. The molecule has 7 nitrogen and oxygen atoms in total. The smallest absolute Gasteiger partial charge is 0.321 e. The molecule has 0 spiro atoms. The molecule has 2 aromatic carbocycles. The minimum Gasteiger partial charge on any atom is -0.441 e. The maximum Gasteiger partial charge on any atom is 0.321 e. The lowest BCUT2D eigenvalue weighted by atomic mass is 10.2. The Hall–Kier alpha value is -4.00. The van der Waals surface area contributed by atoms with E-state index in [1.54, 1.807) is 36.8 Å². The Balaban J connectivity index is 1.32. The average Bonchev–Trinajstić information content (AvgIpc) is 3.25. The first-order chi connectivity index (χ1) is 14.7. The molecule has 0 saturated carbocycles. The molecule has 1 N–H and O–H groups in total. The lowest BCUT2D eigenvalue weighted by Crippen LogP contribution is -2.13. The summed E-state index contributed by atoms with van der Waals surface area (Å²) in [4.78, 5) is 24.7. The maximum atomic E-state index is 12.4. The predicted molar refractivity (Wildman–Crippen MR) is 112 cm³/mol. The first-order valence-corrected chi connectivity index (χ1v) is 9.53. The van der Waals surface area contributed by atoms with Gasteiger partial charge in [0, 0.05) is 36.5 Å². The largest absolute Gasteiger partial charge is 0.441 e. The van der Waals surface area contributed by atoms with Gasteiger partial charge in [0.05, 0.1) is 6.20 Å². The molecule has 4 aromatic rings. The summed E-state index contributed by atoms with van der Waals surface area (Å²) in [5.74, 6) is 1.72.